The molecule has 0 bridgehead atoms. The van der Waals surface area contributed by atoms with E-state index in [2.05, 4.69) is 6.92 Å². The number of ether oxygens (including phenoxy) is 2. The predicted octanol–water partition coefficient (Wildman–Crippen LogP) is 1.25. The van der Waals surface area contributed by atoms with Crippen molar-refractivity contribution < 1.29 is 34.7 Å². The van der Waals surface area contributed by atoms with Crippen LogP contribution >= 0.6 is 0 Å². The molecule has 25 heavy (non-hydrogen) atoms. The molecule has 1 fully saturated rings. The second-order valence-corrected chi connectivity index (χ2v) is 6.80. The van der Waals surface area contributed by atoms with Crippen molar-refractivity contribution in [2.75, 3.05) is 6.61 Å². The van der Waals surface area contributed by atoms with Gasteiger partial charge in [-0.05, 0) is 6.42 Å². The summed E-state index contributed by atoms with van der Waals surface area (Å²) in [6, 6.07) is 0. The van der Waals surface area contributed by atoms with Gasteiger partial charge in [-0.1, -0.05) is 58.3 Å². The Balaban J connectivity index is 2.05. The Morgan fingerprint density at radius 2 is 1.40 bits per heavy atom. The van der Waals surface area contributed by atoms with Crippen LogP contribution in [0, 0.1) is 0 Å². The Bertz CT molecular complexity index is 363. The maximum absolute atomic E-state index is 11.7. The van der Waals surface area contributed by atoms with E-state index in [9.17, 15) is 25.2 Å². The summed E-state index contributed by atoms with van der Waals surface area (Å²) in [4.78, 5) is 11.7. The third-order valence-electron chi connectivity index (χ3n) is 4.58. The highest BCUT2D eigenvalue weighted by molar-refractivity contribution is 5.69. The number of rotatable bonds is 12. The summed E-state index contributed by atoms with van der Waals surface area (Å²) in [6.45, 7) is 1.94. The molecule has 1 saturated heterocycles. The predicted molar refractivity (Wildman–Crippen MR) is 91.7 cm³/mol. The molecule has 7 heteroatoms. The molecule has 0 radical (unpaired) electrons. The van der Waals surface area contributed by atoms with E-state index in [0.29, 0.717) is 6.42 Å². The van der Waals surface area contributed by atoms with E-state index in [1.54, 1.807) is 0 Å². The molecule has 7 nitrogen and oxygen atoms in total. The van der Waals surface area contributed by atoms with E-state index >= 15 is 0 Å². The van der Waals surface area contributed by atoms with Gasteiger partial charge in [0.2, 0.25) is 0 Å². The van der Waals surface area contributed by atoms with Gasteiger partial charge in [0.15, 0.2) is 6.29 Å². The lowest BCUT2D eigenvalue weighted by Crippen LogP contribution is -2.58. The fourth-order valence-corrected chi connectivity index (χ4v) is 2.90. The number of unbranched alkanes of at least 4 members (excludes halogenated alkanes) is 8. The first-order valence-corrected chi connectivity index (χ1v) is 9.50. The van der Waals surface area contributed by atoms with E-state index in [0.717, 1.165) is 19.3 Å². The van der Waals surface area contributed by atoms with Crippen LogP contribution in [0.25, 0.3) is 0 Å². The summed E-state index contributed by atoms with van der Waals surface area (Å²) in [6.07, 6.45) is 3.53. The number of carbonyl (C=O) groups is 1. The summed E-state index contributed by atoms with van der Waals surface area (Å²) < 4.78 is 9.98. The van der Waals surface area contributed by atoms with Crippen LogP contribution in [-0.4, -0.2) is 63.7 Å². The van der Waals surface area contributed by atoms with E-state index in [1.165, 1.54) is 38.5 Å². The third-order valence-corrected chi connectivity index (χ3v) is 4.58. The summed E-state index contributed by atoms with van der Waals surface area (Å²) >= 11 is 0. The fraction of sp³-hybridized carbons (Fsp3) is 0.944. The molecule has 1 aliphatic heterocycles. The average molecular weight is 362 g/mol. The van der Waals surface area contributed by atoms with Crippen LogP contribution in [0.5, 0.6) is 0 Å². The molecule has 0 aliphatic carbocycles. The smallest absolute Gasteiger partial charge is 0.305 e. The van der Waals surface area contributed by atoms with Gasteiger partial charge in [0.05, 0.1) is 0 Å². The van der Waals surface area contributed by atoms with Gasteiger partial charge in [0.25, 0.3) is 0 Å². The Morgan fingerprint density at radius 3 is 2.00 bits per heavy atom. The van der Waals surface area contributed by atoms with Crippen molar-refractivity contribution in [3.05, 3.63) is 0 Å². The maximum Gasteiger partial charge on any atom is 0.305 e. The Kier molecular flexibility index (Phi) is 11.2. The van der Waals surface area contributed by atoms with Gasteiger partial charge in [-0.25, -0.2) is 0 Å². The molecule has 0 amide bonds. The van der Waals surface area contributed by atoms with Gasteiger partial charge in [-0.2, -0.15) is 0 Å². The lowest BCUT2D eigenvalue weighted by atomic mass is 9.99. The number of aliphatic hydroxyl groups excluding tert-OH is 4. The second kappa shape index (κ2) is 12.6. The Labute approximate surface area is 150 Å². The zero-order valence-electron chi connectivity index (χ0n) is 15.2. The number of carbonyl (C=O) groups excluding carboxylic acids is 1. The van der Waals surface area contributed by atoms with E-state index < -0.39 is 36.7 Å². The SMILES string of the molecule is CCCCCCCCCCCC(=O)OC[C@H]1OC(O)[C@H](O)[C@@H](O)[C@@H]1O. The van der Waals surface area contributed by atoms with Crippen LogP contribution in [0.1, 0.15) is 71.1 Å². The van der Waals surface area contributed by atoms with Crippen LogP contribution in [0.3, 0.4) is 0 Å². The van der Waals surface area contributed by atoms with Gasteiger partial charge < -0.3 is 29.9 Å². The average Bonchev–Trinajstić information content (AvgIpc) is 2.60. The van der Waals surface area contributed by atoms with E-state index in [-0.39, 0.29) is 6.61 Å². The highest BCUT2D eigenvalue weighted by Gasteiger charge is 2.43. The van der Waals surface area contributed by atoms with Crippen LogP contribution in [-0.2, 0) is 14.3 Å². The molecular formula is C18H34O7. The number of hydrogen-bond donors (Lipinski definition) is 4. The molecule has 5 atom stereocenters. The van der Waals surface area contributed by atoms with Crippen molar-refractivity contribution in [3.63, 3.8) is 0 Å². The maximum atomic E-state index is 11.7. The first-order chi connectivity index (χ1) is 12.0. The normalized spacial score (nSPS) is 29.6. The third kappa shape index (κ3) is 8.46. The molecule has 0 aromatic carbocycles. The zero-order valence-corrected chi connectivity index (χ0v) is 15.2. The Morgan fingerprint density at radius 1 is 0.840 bits per heavy atom. The molecule has 1 unspecified atom stereocenters. The monoisotopic (exact) mass is 362 g/mol. The quantitative estimate of drug-likeness (QED) is 0.305. The summed E-state index contributed by atoms with van der Waals surface area (Å²) in [5.74, 6) is -0.395. The molecule has 1 heterocycles. The molecule has 4 N–H and O–H groups in total. The van der Waals surface area contributed by atoms with Crippen molar-refractivity contribution in [1.82, 2.24) is 0 Å². The highest BCUT2D eigenvalue weighted by Crippen LogP contribution is 2.20. The van der Waals surface area contributed by atoms with Crippen LogP contribution in [0.2, 0.25) is 0 Å². The van der Waals surface area contributed by atoms with Gasteiger partial charge in [-0.3, -0.25) is 4.79 Å². The minimum absolute atomic E-state index is 0.266. The van der Waals surface area contributed by atoms with Crippen molar-refractivity contribution in [2.45, 2.75) is 102 Å². The van der Waals surface area contributed by atoms with Crippen molar-refractivity contribution in [3.8, 4) is 0 Å². The Hall–Kier alpha value is -0.730. The lowest BCUT2D eigenvalue weighted by Gasteiger charge is -2.37. The summed E-state index contributed by atoms with van der Waals surface area (Å²) in [5.41, 5.74) is 0. The molecule has 1 aliphatic rings. The fourth-order valence-electron chi connectivity index (χ4n) is 2.90. The first-order valence-electron chi connectivity index (χ1n) is 9.50. The molecule has 148 valence electrons. The van der Waals surface area contributed by atoms with Crippen molar-refractivity contribution >= 4 is 5.97 Å². The minimum atomic E-state index is -1.61. The zero-order chi connectivity index (χ0) is 18.7. The van der Waals surface area contributed by atoms with Crippen LogP contribution in [0.4, 0.5) is 0 Å². The van der Waals surface area contributed by atoms with Gasteiger partial charge in [0.1, 0.15) is 31.0 Å². The van der Waals surface area contributed by atoms with Crippen molar-refractivity contribution in [2.24, 2.45) is 0 Å². The molecule has 0 aromatic rings. The second-order valence-electron chi connectivity index (χ2n) is 6.80. The number of aliphatic hydroxyl groups is 4. The van der Waals surface area contributed by atoms with E-state index in [1.807, 2.05) is 0 Å². The topological polar surface area (TPSA) is 116 Å². The van der Waals surface area contributed by atoms with Gasteiger partial charge >= 0.3 is 5.97 Å². The number of hydrogen-bond acceptors (Lipinski definition) is 7. The molecule has 0 spiro atoms. The number of esters is 1. The molecule has 0 saturated carbocycles. The molecule has 1 rings (SSSR count). The van der Waals surface area contributed by atoms with Gasteiger partial charge in [0, 0.05) is 6.42 Å². The van der Waals surface area contributed by atoms with Gasteiger partial charge in [-0.15, -0.1) is 0 Å². The van der Waals surface area contributed by atoms with Crippen molar-refractivity contribution in [1.29, 1.82) is 0 Å². The van der Waals surface area contributed by atoms with Crippen LogP contribution < -0.4 is 0 Å². The summed E-state index contributed by atoms with van der Waals surface area (Å²) in [7, 11) is 0. The molecule has 0 aromatic heterocycles. The minimum Gasteiger partial charge on any atom is -0.463 e. The summed E-state index contributed by atoms with van der Waals surface area (Å²) in [5, 5.41) is 38.1. The van der Waals surface area contributed by atoms with Crippen LogP contribution in [0.15, 0.2) is 0 Å². The lowest BCUT2D eigenvalue weighted by molar-refractivity contribution is -0.287. The first kappa shape index (κ1) is 22.3. The highest BCUT2D eigenvalue weighted by atomic mass is 16.6. The molecular weight excluding hydrogens is 328 g/mol. The van der Waals surface area contributed by atoms with E-state index in [4.69, 9.17) is 9.47 Å². The largest absolute Gasteiger partial charge is 0.463 e. The standard InChI is InChI=1S/C18H34O7/c1-2-3-4-5-6-7-8-9-10-11-14(19)24-12-13-15(20)16(21)17(22)18(23)25-13/h13,15-18,20-23H,2-12H2,1H3/t13-,15-,16+,17-,18?/m1/s1.